The summed E-state index contributed by atoms with van der Waals surface area (Å²) < 4.78 is 13.6. The molecule has 0 amide bonds. The van der Waals surface area contributed by atoms with E-state index in [1.807, 2.05) is 16.8 Å². The van der Waals surface area contributed by atoms with E-state index in [0.29, 0.717) is 6.54 Å². The maximum atomic E-state index is 5.87. The van der Waals surface area contributed by atoms with Crippen molar-refractivity contribution in [2.24, 2.45) is 0 Å². The van der Waals surface area contributed by atoms with E-state index >= 15 is 0 Å². The Morgan fingerprint density at radius 1 is 1.06 bits per heavy atom. The molecule has 2 atom stereocenters. The van der Waals surface area contributed by atoms with Crippen molar-refractivity contribution in [1.29, 1.82) is 0 Å². The monoisotopic (exact) mass is 426 g/mol. The number of nitrogens with zero attached hydrogens (tertiary/aromatic N) is 6. The van der Waals surface area contributed by atoms with E-state index in [4.69, 9.17) is 9.47 Å². The molecular weight excluding hydrogens is 392 g/mol. The summed E-state index contributed by atoms with van der Waals surface area (Å²) in [6.45, 7) is 5.75. The predicted octanol–water partition coefficient (Wildman–Crippen LogP) is 2.51. The van der Waals surface area contributed by atoms with E-state index in [0.717, 1.165) is 68.8 Å². The lowest BCUT2D eigenvalue weighted by Crippen LogP contribution is -2.51. The summed E-state index contributed by atoms with van der Waals surface area (Å²) in [5.74, 6) is 1.77. The van der Waals surface area contributed by atoms with Crippen LogP contribution in [0.25, 0.3) is 0 Å². The first-order chi connectivity index (χ1) is 15.3. The molecule has 0 N–H and O–H groups in total. The smallest absolute Gasteiger partial charge is 0.173 e. The molecule has 2 aliphatic heterocycles. The van der Waals surface area contributed by atoms with Crippen molar-refractivity contribution < 1.29 is 9.47 Å². The number of ether oxygens (including phenoxy) is 2. The van der Waals surface area contributed by atoms with E-state index in [1.165, 1.54) is 25.7 Å². The van der Waals surface area contributed by atoms with Crippen molar-refractivity contribution in [3.8, 4) is 5.75 Å². The van der Waals surface area contributed by atoms with E-state index in [2.05, 4.69) is 37.5 Å². The van der Waals surface area contributed by atoms with Crippen molar-refractivity contribution in [3.63, 3.8) is 0 Å². The number of aromatic nitrogens is 4. The molecule has 0 spiro atoms. The van der Waals surface area contributed by atoms with Crippen molar-refractivity contribution in [2.45, 2.75) is 63.3 Å². The number of tetrazole rings is 1. The average Bonchev–Trinajstić information content (AvgIpc) is 3.59. The van der Waals surface area contributed by atoms with Crippen molar-refractivity contribution in [2.75, 3.05) is 39.9 Å². The molecule has 8 nitrogen and oxygen atoms in total. The van der Waals surface area contributed by atoms with Crippen LogP contribution in [-0.2, 0) is 11.3 Å². The SMILES string of the molecule is COc1ccccc1C(c1nnnn1CC1CCCO1)N1CCN(C2CCCC2)CC1. The minimum absolute atomic E-state index is 0.0294. The van der Waals surface area contributed by atoms with Gasteiger partial charge in [-0.15, -0.1) is 5.10 Å². The lowest BCUT2D eigenvalue weighted by atomic mass is 10.0. The van der Waals surface area contributed by atoms with Crippen LogP contribution in [0.5, 0.6) is 5.75 Å². The molecule has 1 aliphatic carbocycles. The van der Waals surface area contributed by atoms with Crippen LogP contribution in [0.2, 0.25) is 0 Å². The van der Waals surface area contributed by atoms with E-state index in [9.17, 15) is 0 Å². The van der Waals surface area contributed by atoms with E-state index < -0.39 is 0 Å². The first kappa shape index (κ1) is 20.8. The highest BCUT2D eigenvalue weighted by Gasteiger charge is 2.35. The molecule has 31 heavy (non-hydrogen) atoms. The Hall–Kier alpha value is -2.03. The molecule has 2 unspecified atom stereocenters. The maximum Gasteiger partial charge on any atom is 0.173 e. The number of rotatable bonds is 7. The molecule has 1 saturated carbocycles. The van der Waals surface area contributed by atoms with Gasteiger partial charge >= 0.3 is 0 Å². The van der Waals surface area contributed by atoms with Gasteiger partial charge in [0.15, 0.2) is 5.82 Å². The van der Waals surface area contributed by atoms with Crippen molar-refractivity contribution >= 4 is 0 Å². The molecule has 5 rings (SSSR count). The third kappa shape index (κ3) is 4.47. The lowest BCUT2D eigenvalue weighted by molar-refractivity contribution is 0.0714. The van der Waals surface area contributed by atoms with Gasteiger partial charge < -0.3 is 9.47 Å². The molecule has 168 valence electrons. The molecule has 1 aromatic carbocycles. The summed E-state index contributed by atoms with van der Waals surface area (Å²) in [6.07, 6.45) is 7.85. The molecule has 3 fully saturated rings. The summed E-state index contributed by atoms with van der Waals surface area (Å²) in [5.41, 5.74) is 1.13. The summed E-state index contributed by atoms with van der Waals surface area (Å²) >= 11 is 0. The molecule has 3 aliphatic rings. The predicted molar refractivity (Wildman–Crippen MR) is 117 cm³/mol. The highest BCUT2D eigenvalue weighted by atomic mass is 16.5. The quantitative estimate of drug-likeness (QED) is 0.674. The minimum Gasteiger partial charge on any atom is -0.496 e. The fraction of sp³-hybridized carbons (Fsp3) is 0.696. The van der Waals surface area contributed by atoms with Gasteiger partial charge in [0, 0.05) is 44.4 Å². The zero-order valence-corrected chi connectivity index (χ0v) is 18.5. The van der Waals surface area contributed by atoms with Crippen LogP contribution in [0.3, 0.4) is 0 Å². The molecule has 2 saturated heterocycles. The number of piperazine rings is 1. The molecule has 1 aromatic heterocycles. The second-order valence-electron chi connectivity index (χ2n) is 9.01. The number of benzene rings is 1. The van der Waals surface area contributed by atoms with Gasteiger partial charge in [-0.2, -0.15) is 0 Å². The standard InChI is InChI=1S/C23H34N6O2/c1-30-21-11-5-4-10-20(21)22(23-24-25-26-29(23)17-19-9-6-16-31-19)28-14-12-27(13-15-28)18-7-2-3-8-18/h4-5,10-11,18-19,22H,2-3,6-9,12-17H2,1H3. The Morgan fingerprint density at radius 3 is 2.61 bits per heavy atom. The summed E-state index contributed by atoms with van der Waals surface area (Å²) in [7, 11) is 1.74. The number of methoxy groups -OCH3 is 1. The first-order valence-electron chi connectivity index (χ1n) is 11.8. The maximum absolute atomic E-state index is 5.87. The van der Waals surface area contributed by atoms with Gasteiger partial charge in [0.05, 0.1) is 19.8 Å². The minimum atomic E-state index is -0.0294. The fourth-order valence-electron chi connectivity index (χ4n) is 5.54. The first-order valence-corrected chi connectivity index (χ1v) is 11.8. The lowest BCUT2D eigenvalue weighted by Gasteiger charge is -2.41. The van der Waals surface area contributed by atoms with Gasteiger partial charge in [0.25, 0.3) is 0 Å². The summed E-state index contributed by atoms with van der Waals surface area (Å²) in [6, 6.07) is 9.03. The van der Waals surface area contributed by atoms with Gasteiger partial charge in [0.2, 0.25) is 0 Å². The normalized spacial score (nSPS) is 24.6. The largest absolute Gasteiger partial charge is 0.496 e. The molecule has 8 heteroatoms. The van der Waals surface area contributed by atoms with Gasteiger partial charge in [-0.25, -0.2) is 4.68 Å². The Morgan fingerprint density at radius 2 is 1.87 bits per heavy atom. The fourth-order valence-corrected chi connectivity index (χ4v) is 5.54. The van der Waals surface area contributed by atoms with Crippen LogP contribution in [0, 0.1) is 0 Å². The third-order valence-electron chi connectivity index (χ3n) is 7.19. The third-order valence-corrected chi connectivity index (χ3v) is 7.19. The highest BCUT2D eigenvalue weighted by molar-refractivity contribution is 5.39. The number of hydrogen-bond donors (Lipinski definition) is 0. The van der Waals surface area contributed by atoms with Crippen molar-refractivity contribution in [3.05, 3.63) is 35.7 Å². The molecule has 0 radical (unpaired) electrons. The summed E-state index contributed by atoms with van der Waals surface area (Å²) in [5, 5.41) is 12.9. The zero-order chi connectivity index (χ0) is 21.0. The van der Waals surface area contributed by atoms with Crippen LogP contribution >= 0.6 is 0 Å². The second kappa shape index (κ2) is 9.63. The molecular formula is C23H34N6O2. The molecule has 0 bridgehead atoms. The van der Waals surface area contributed by atoms with Gasteiger partial charge in [0.1, 0.15) is 11.8 Å². The topological polar surface area (TPSA) is 68.5 Å². The Bertz CT molecular complexity index is 838. The molecule has 2 aromatic rings. The van der Waals surface area contributed by atoms with E-state index in [1.54, 1.807) is 7.11 Å². The zero-order valence-electron chi connectivity index (χ0n) is 18.5. The van der Waals surface area contributed by atoms with Gasteiger partial charge in [-0.1, -0.05) is 31.0 Å². The van der Waals surface area contributed by atoms with Gasteiger partial charge in [-0.3, -0.25) is 9.80 Å². The van der Waals surface area contributed by atoms with Crippen LogP contribution in [0.1, 0.15) is 56.0 Å². The van der Waals surface area contributed by atoms with Crippen LogP contribution < -0.4 is 4.74 Å². The van der Waals surface area contributed by atoms with Crippen LogP contribution in [0.15, 0.2) is 24.3 Å². The van der Waals surface area contributed by atoms with Gasteiger partial charge in [-0.05, 0) is 42.2 Å². The van der Waals surface area contributed by atoms with Crippen molar-refractivity contribution in [1.82, 2.24) is 30.0 Å². The highest BCUT2D eigenvalue weighted by Crippen LogP contribution is 2.35. The van der Waals surface area contributed by atoms with Crippen LogP contribution in [0.4, 0.5) is 0 Å². The summed E-state index contributed by atoms with van der Waals surface area (Å²) in [4.78, 5) is 5.22. The Kier molecular flexibility index (Phi) is 6.47. The number of para-hydroxylation sites is 1. The second-order valence-corrected chi connectivity index (χ2v) is 9.01. The Balaban J connectivity index is 1.41. The van der Waals surface area contributed by atoms with Crippen LogP contribution in [-0.4, -0.2) is 82.0 Å². The number of hydrogen-bond acceptors (Lipinski definition) is 7. The Labute approximate surface area is 184 Å². The molecule has 3 heterocycles. The van der Waals surface area contributed by atoms with E-state index in [-0.39, 0.29) is 12.1 Å². The average molecular weight is 427 g/mol.